The zero-order chi connectivity index (χ0) is 10.2. The van der Waals surface area contributed by atoms with Crippen LogP contribution < -0.4 is 0 Å². The fourth-order valence-electron chi connectivity index (χ4n) is 0.692. The normalized spacial score (nSPS) is 8.36. The zero-order valence-corrected chi connectivity index (χ0v) is 7.18. The van der Waals surface area contributed by atoms with E-state index in [2.05, 4.69) is 31.8 Å². The zero-order valence-electron chi connectivity index (χ0n) is 7.18. The first kappa shape index (κ1) is 9.96. The maximum absolute atomic E-state index is 12.2. The van der Waals surface area contributed by atoms with Gasteiger partial charge in [0.2, 0.25) is 0 Å². The lowest BCUT2D eigenvalue weighted by Gasteiger charge is -1.87. The Morgan fingerprint density at radius 1 is 1.50 bits per heavy atom. The Balaban J connectivity index is 2.51. The van der Waals surface area contributed by atoms with Gasteiger partial charge in [-0.15, -0.1) is 0 Å². The summed E-state index contributed by atoms with van der Waals surface area (Å²) in [6, 6.07) is 0. The van der Waals surface area contributed by atoms with Crippen LogP contribution in [0.1, 0.15) is 12.0 Å². The summed E-state index contributed by atoms with van der Waals surface area (Å²) in [5.41, 5.74) is 8.50. The van der Waals surface area contributed by atoms with Gasteiger partial charge in [-0.25, -0.2) is 9.97 Å². The summed E-state index contributed by atoms with van der Waals surface area (Å²) in [5, 5.41) is 3.30. The van der Waals surface area contributed by atoms with Gasteiger partial charge in [0.05, 0.1) is 5.56 Å². The van der Waals surface area contributed by atoms with E-state index in [1.54, 1.807) is 0 Å². The first-order valence-corrected chi connectivity index (χ1v) is 3.80. The van der Waals surface area contributed by atoms with E-state index in [4.69, 9.17) is 5.53 Å². The van der Waals surface area contributed by atoms with Crippen LogP contribution in [0.4, 0.5) is 4.39 Å². The maximum atomic E-state index is 12.2. The van der Waals surface area contributed by atoms with Crippen LogP contribution in [0.25, 0.3) is 10.4 Å². The Bertz CT molecular complexity index is 396. The molecular weight excluding hydrogens is 185 g/mol. The summed E-state index contributed by atoms with van der Waals surface area (Å²) in [6.07, 6.45) is 2.28. The minimum Gasteiger partial charge on any atom is -0.209 e. The van der Waals surface area contributed by atoms with Gasteiger partial charge in [0.15, 0.2) is 0 Å². The predicted octanol–water partition coefficient (Wildman–Crippen LogP) is 1.67. The molecule has 1 heterocycles. The molecule has 1 aromatic rings. The number of halogens is 1. The van der Waals surface area contributed by atoms with E-state index in [0.717, 1.165) is 0 Å². The highest BCUT2D eigenvalue weighted by Crippen LogP contribution is 1.92. The van der Waals surface area contributed by atoms with Gasteiger partial charge in [-0.05, 0) is 5.53 Å². The summed E-state index contributed by atoms with van der Waals surface area (Å²) in [6.45, 7) is 0.325. The topological polar surface area (TPSA) is 74.5 Å². The molecule has 0 amide bonds. The molecule has 70 valence electrons. The van der Waals surface area contributed by atoms with E-state index >= 15 is 0 Å². The van der Waals surface area contributed by atoms with Crippen LogP contribution in [0.5, 0.6) is 0 Å². The van der Waals surface area contributed by atoms with Crippen LogP contribution in [0.3, 0.4) is 0 Å². The van der Waals surface area contributed by atoms with Crippen molar-refractivity contribution in [3.63, 3.8) is 0 Å². The van der Waals surface area contributed by atoms with Gasteiger partial charge in [0.25, 0.3) is 0 Å². The average molecular weight is 191 g/mol. The van der Waals surface area contributed by atoms with Crippen molar-refractivity contribution in [3.05, 3.63) is 34.5 Å². The van der Waals surface area contributed by atoms with Crippen molar-refractivity contribution in [2.75, 3.05) is 6.54 Å². The summed E-state index contributed by atoms with van der Waals surface area (Å²) < 4.78 is 12.2. The average Bonchev–Trinajstić information content (AvgIpc) is 2.21. The molecule has 14 heavy (non-hydrogen) atoms. The van der Waals surface area contributed by atoms with E-state index in [0.29, 0.717) is 18.5 Å². The molecule has 0 aliphatic rings. The number of hydrogen-bond donors (Lipinski definition) is 0. The second-order valence-corrected chi connectivity index (χ2v) is 2.25. The fourth-order valence-corrected chi connectivity index (χ4v) is 0.692. The van der Waals surface area contributed by atoms with Gasteiger partial charge in [0, 0.05) is 30.3 Å². The van der Waals surface area contributed by atoms with Crippen molar-refractivity contribution in [3.8, 4) is 11.8 Å². The molecule has 0 saturated carbocycles. The molecule has 0 saturated heterocycles. The summed E-state index contributed by atoms with van der Waals surface area (Å²) in [7, 11) is 0. The van der Waals surface area contributed by atoms with Crippen LogP contribution in [0.2, 0.25) is 0 Å². The lowest BCUT2D eigenvalue weighted by atomic mass is 10.3. The smallest absolute Gasteiger partial charge is 0.209 e. The molecule has 0 radical (unpaired) electrons. The Morgan fingerprint density at radius 3 is 2.86 bits per heavy atom. The molecule has 0 fully saturated rings. The summed E-state index contributed by atoms with van der Waals surface area (Å²) in [4.78, 5) is 9.24. The molecule has 1 aromatic heterocycles. The highest BCUT2D eigenvalue weighted by Gasteiger charge is 1.90. The van der Waals surface area contributed by atoms with Crippen molar-refractivity contribution in [2.45, 2.75) is 6.42 Å². The highest BCUT2D eigenvalue weighted by molar-refractivity contribution is 5.28. The molecule has 0 aliphatic heterocycles. The van der Waals surface area contributed by atoms with Gasteiger partial charge in [-0.1, -0.05) is 17.0 Å². The van der Waals surface area contributed by atoms with E-state index in [1.807, 2.05) is 0 Å². The van der Waals surface area contributed by atoms with E-state index in [1.165, 1.54) is 12.4 Å². The minimum atomic E-state index is -0.773. The van der Waals surface area contributed by atoms with Crippen molar-refractivity contribution in [1.29, 1.82) is 0 Å². The third-order valence-electron chi connectivity index (χ3n) is 1.25. The van der Waals surface area contributed by atoms with E-state index in [9.17, 15) is 4.39 Å². The Kier molecular flexibility index (Phi) is 3.92. The Hall–Kier alpha value is -2.12. The van der Waals surface area contributed by atoms with Crippen molar-refractivity contribution >= 4 is 0 Å². The van der Waals surface area contributed by atoms with Crippen LogP contribution >= 0.6 is 0 Å². The van der Waals surface area contributed by atoms with Gasteiger partial charge in [-0.3, -0.25) is 0 Å². The minimum absolute atomic E-state index is 0.325. The van der Waals surface area contributed by atoms with Crippen molar-refractivity contribution in [1.82, 2.24) is 9.97 Å². The van der Waals surface area contributed by atoms with Gasteiger partial charge in [0.1, 0.15) is 0 Å². The number of rotatable bonds is 2. The molecule has 6 heteroatoms. The van der Waals surface area contributed by atoms with Crippen molar-refractivity contribution in [2.24, 2.45) is 5.11 Å². The largest absolute Gasteiger partial charge is 0.308 e. The van der Waals surface area contributed by atoms with E-state index < -0.39 is 6.08 Å². The predicted molar refractivity (Wildman–Crippen MR) is 47.5 cm³/mol. The quantitative estimate of drug-likeness (QED) is 0.178. The van der Waals surface area contributed by atoms with Crippen molar-refractivity contribution < 1.29 is 4.39 Å². The van der Waals surface area contributed by atoms with Crippen LogP contribution in [-0.2, 0) is 0 Å². The third kappa shape index (κ3) is 3.52. The summed E-state index contributed by atoms with van der Waals surface area (Å²) >= 11 is 0. The number of nitrogens with zero attached hydrogens (tertiary/aromatic N) is 5. The molecular formula is C8H6FN5. The first-order chi connectivity index (χ1) is 6.83. The molecule has 0 aliphatic carbocycles. The molecule has 0 aromatic carbocycles. The highest BCUT2D eigenvalue weighted by atomic mass is 19.1. The fraction of sp³-hybridized carbons (Fsp3) is 0.250. The summed E-state index contributed by atoms with van der Waals surface area (Å²) in [5.74, 6) is 5.44. The SMILES string of the molecule is [N-]=[N+]=NCCC#Cc1cnc(F)nc1. The standard InChI is InChI=1S/C8H6FN5/c9-8-11-5-7(6-12-8)3-1-2-4-13-14-10/h5-6H,2,4H2. The lowest BCUT2D eigenvalue weighted by Crippen LogP contribution is -1.88. The number of azide groups is 1. The molecule has 0 atom stereocenters. The lowest BCUT2D eigenvalue weighted by molar-refractivity contribution is 0.538. The monoisotopic (exact) mass is 191 g/mol. The Labute approximate surface area is 79.6 Å². The maximum Gasteiger partial charge on any atom is 0.308 e. The third-order valence-corrected chi connectivity index (χ3v) is 1.25. The second-order valence-electron chi connectivity index (χ2n) is 2.25. The van der Waals surface area contributed by atoms with Gasteiger partial charge in [-0.2, -0.15) is 4.39 Å². The van der Waals surface area contributed by atoms with Crippen LogP contribution in [0.15, 0.2) is 17.5 Å². The number of hydrogen-bond acceptors (Lipinski definition) is 3. The van der Waals surface area contributed by atoms with Crippen LogP contribution in [-0.4, -0.2) is 16.5 Å². The number of aromatic nitrogens is 2. The molecule has 0 N–H and O–H groups in total. The molecule has 0 unspecified atom stereocenters. The molecule has 1 rings (SSSR count). The molecule has 0 spiro atoms. The molecule has 0 bridgehead atoms. The first-order valence-electron chi connectivity index (χ1n) is 3.80. The molecule has 5 nitrogen and oxygen atoms in total. The van der Waals surface area contributed by atoms with Gasteiger partial charge >= 0.3 is 6.08 Å². The second kappa shape index (κ2) is 5.51. The Morgan fingerprint density at radius 2 is 2.21 bits per heavy atom. The van der Waals surface area contributed by atoms with E-state index in [-0.39, 0.29) is 0 Å². The van der Waals surface area contributed by atoms with Gasteiger partial charge < -0.3 is 0 Å². The van der Waals surface area contributed by atoms with Crippen LogP contribution in [0, 0.1) is 17.9 Å².